The molecule has 3 nitrogen and oxygen atoms in total. The van der Waals surface area contributed by atoms with Crippen molar-refractivity contribution in [2.75, 3.05) is 0 Å². The first-order valence-electron chi connectivity index (χ1n) is 0. The average molecular weight is 189 g/mol. The minimum atomic E-state index is 0. The zero-order valence-corrected chi connectivity index (χ0v) is 6.54. The predicted molar refractivity (Wildman–Crippen MR) is 13.2 cm³/mol. The molecule has 0 rings (SSSR count). The molecular weight excluding hydrogens is 185 g/mol. The summed E-state index contributed by atoms with van der Waals surface area (Å²) < 4.78 is 0. The zero-order valence-electron chi connectivity index (χ0n) is 2.10. The van der Waals surface area contributed by atoms with E-state index < -0.39 is 0 Å². The molecule has 0 atom stereocenters. The first kappa shape index (κ1) is 51.3. The molecule has 0 aliphatic rings. The van der Waals surface area contributed by atoms with Crippen LogP contribution in [-0.4, -0.2) is 65.3 Å². The van der Waals surface area contributed by atoms with Crippen LogP contribution in [0.5, 0.6) is 0 Å². The van der Waals surface area contributed by atoms with Crippen LogP contribution in [0.2, 0.25) is 0 Å². The van der Waals surface area contributed by atoms with Crippen LogP contribution in [0.4, 0.5) is 0 Å². The Morgan fingerprint density at radius 3 is 0.750 bits per heavy atom. The molecule has 0 heterocycles. The van der Waals surface area contributed by atoms with Crippen LogP contribution in [0.1, 0.15) is 0 Å². The van der Waals surface area contributed by atoms with Crippen LogP contribution in [0.15, 0.2) is 0 Å². The molecule has 0 fully saturated rings. The van der Waals surface area contributed by atoms with Crippen molar-refractivity contribution in [2.24, 2.45) is 0 Å². The predicted octanol–water partition coefficient (Wildman–Crippen LogP) is -1.56. The first-order valence-corrected chi connectivity index (χ1v) is 0. The van der Waals surface area contributed by atoms with Gasteiger partial charge >= 0.3 is 48.9 Å². The molecule has 0 bridgehead atoms. The third kappa shape index (κ3) is 9.85. The molecule has 0 spiro atoms. The monoisotopic (exact) mass is 190 g/mol. The van der Waals surface area contributed by atoms with E-state index in [9.17, 15) is 0 Å². The van der Waals surface area contributed by atoms with E-state index in [-0.39, 0.29) is 65.3 Å². The molecule has 0 aromatic carbocycles. The molecule has 0 aromatic rings. The molecular formula is H4BaO3. The molecule has 0 saturated carbocycles. The summed E-state index contributed by atoms with van der Waals surface area (Å²) >= 11 is 0. The Hall–Kier alpha value is 1.45. The van der Waals surface area contributed by atoms with Gasteiger partial charge in [-0.25, -0.2) is 0 Å². The van der Waals surface area contributed by atoms with E-state index in [4.69, 9.17) is 0 Å². The Morgan fingerprint density at radius 2 is 0.750 bits per heavy atom. The fourth-order valence-corrected chi connectivity index (χ4v) is 0. The maximum absolute atomic E-state index is 0. The van der Waals surface area contributed by atoms with E-state index in [1.165, 1.54) is 0 Å². The summed E-state index contributed by atoms with van der Waals surface area (Å²) in [5.74, 6) is 0. The molecule has 4 N–H and O–H groups in total. The van der Waals surface area contributed by atoms with Gasteiger partial charge in [0, 0.05) is 0 Å². The van der Waals surface area contributed by atoms with Crippen LogP contribution in [0, 0.1) is 0 Å². The molecule has 0 radical (unpaired) electrons. The van der Waals surface area contributed by atoms with Crippen molar-refractivity contribution in [2.45, 2.75) is 0 Å². The maximum Gasteiger partial charge on any atom is 2.00 e. The Morgan fingerprint density at radius 1 is 0.750 bits per heavy atom. The van der Waals surface area contributed by atoms with Gasteiger partial charge in [0.25, 0.3) is 0 Å². The van der Waals surface area contributed by atoms with Crippen LogP contribution >= 0.6 is 0 Å². The van der Waals surface area contributed by atoms with Crippen molar-refractivity contribution in [3.8, 4) is 0 Å². The Labute approximate surface area is 64.4 Å². The van der Waals surface area contributed by atoms with E-state index in [0.717, 1.165) is 0 Å². The van der Waals surface area contributed by atoms with Crippen LogP contribution in [0.3, 0.4) is 0 Å². The minimum Gasteiger partial charge on any atom is -0.870 e. The summed E-state index contributed by atoms with van der Waals surface area (Å²) in [6.07, 6.45) is 0. The normalized spacial score (nSPS) is 0. The topological polar surface area (TPSA) is 91.5 Å². The average Bonchev–Trinajstić information content (AvgIpc) is 0. The summed E-state index contributed by atoms with van der Waals surface area (Å²) in [4.78, 5) is 0. The van der Waals surface area contributed by atoms with Gasteiger partial charge in [0.05, 0.1) is 0 Å². The fraction of sp³-hybridized carbons (Fsp3) is 0. The second-order valence-electron chi connectivity index (χ2n) is 0. The van der Waals surface area contributed by atoms with E-state index in [0.29, 0.717) is 0 Å². The van der Waals surface area contributed by atoms with Crippen molar-refractivity contribution >= 4 is 48.9 Å². The van der Waals surface area contributed by atoms with Crippen LogP contribution < -0.4 is 0 Å². The molecule has 4 heavy (non-hydrogen) atoms. The van der Waals surface area contributed by atoms with E-state index in [1.807, 2.05) is 0 Å². The van der Waals surface area contributed by atoms with Crippen molar-refractivity contribution in [3.63, 3.8) is 0 Å². The summed E-state index contributed by atoms with van der Waals surface area (Å²) in [6, 6.07) is 0. The second kappa shape index (κ2) is 25.2. The third-order valence-electron chi connectivity index (χ3n) is 0. The smallest absolute Gasteiger partial charge is 0.870 e. The summed E-state index contributed by atoms with van der Waals surface area (Å²) in [5, 5.41) is 0. The molecule has 0 unspecified atom stereocenters. The maximum atomic E-state index is 0. The molecule has 0 saturated heterocycles. The van der Waals surface area contributed by atoms with Gasteiger partial charge in [0.15, 0.2) is 0 Å². The molecule has 24 valence electrons. The van der Waals surface area contributed by atoms with Crippen molar-refractivity contribution in [3.05, 3.63) is 0 Å². The number of hydrogen-bond donors (Lipinski definition) is 0. The molecule has 0 aliphatic heterocycles. The van der Waals surface area contributed by atoms with Gasteiger partial charge in [-0.3, -0.25) is 0 Å². The van der Waals surface area contributed by atoms with Gasteiger partial charge < -0.3 is 16.4 Å². The van der Waals surface area contributed by atoms with E-state index >= 15 is 0 Å². The van der Waals surface area contributed by atoms with Gasteiger partial charge in [-0.05, 0) is 0 Å². The standard InChI is InChI=1S/Ba.3H2O/h;3*1H2/q+2;;;/p-2. The van der Waals surface area contributed by atoms with Crippen LogP contribution in [-0.2, 0) is 0 Å². The number of hydrogen-bond acceptors (Lipinski definition) is 2. The van der Waals surface area contributed by atoms with E-state index in [2.05, 4.69) is 0 Å². The molecule has 4 heteroatoms. The SMILES string of the molecule is O.[Ba+2].[OH-].[OH-]. The Kier molecular flexibility index (Phi) is 323. The van der Waals surface area contributed by atoms with Crippen molar-refractivity contribution < 1.29 is 16.4 Å². The quantitative estimate of drug-likeness (QED) is 0.431. The summed E-state index contributed by atoms with van der Waals surface area (Å²) in [7, 11) is 0. The van der Waals surface area contributed by atoms with Gasteiger partial charge in [-0.2, -0.15) is 0 Å². The van der Waals surface area contributed by atoms with Crippen LogP contribution in [0.25, 0.3) is 0 Å². The third-order valence-corrected chi connectivity index (χ3v) is 0. The molecule has 0 amide bonds. The zero-order chi connectivity index (χ0) is 0. The minimum absolute atomic E-state index is 0. The number of rotatable bonds is 0. The first-order chi connectivity index (χ1) is 0. The second-order valence-corrected chi connectivity index (χ2v) is 0. The summed E-state index contributed by atoms with van der Waals surface area (Å²) in [6.45, 7) is 0. The largest absolute Gasteiger partial charge is 2.00 e. The van der Waals surface area contributed by atoms with Gasteiger partial charge in [0.2, 0.25) is 0 Å². The Balaban J connectivity index is 0. The van der Waals surface area contributed by atoms with Gasteiger partial charge in [0.1, 0.15) is 0 Å². The van der Waals surface area contributed by atoms with E-state index in [1.54, 1.807) is 0 Å². The molecule has 0 aromatic heterocycles. The van der Waals surface area contributed by atoms with Gasteiger partial charge in [-0.1, -0.05) is 0 Å². The fourth-order valence-electron chi connectivity index (χ4n) is 0. The van der Waals surface area contributed by atoms with Gasteiger partial charge in [-0.15, -0.1) is 0 Å². The van der Waals surface area contributed by atoms with Crippen molar-refractivity contribution in [1.82, 2.24) is 0 Å². The Bertz CT molecular complexity index is 3.25. The summed E-state index contributed by atoms with van der Waals surface area (Å²) in [5.41, 5.74) is 0. The molecule has 0 aliphatic carbocycles. The van der Waals surface area contributed by atoms with Crippen molar-refractivity contribution in [1.29, 1.82) is 0 Å².